The first-order valence-electron chi connectivity index (χ1n) is 7.23. The highest BCUT2D eigenvalue weighted by molar-refractivity contribution is 6.23. The van der Waals surface area contributed by atoms with Crippen molar-refractivity contribution >= 4 is 32.3 Å². The Labute approximate surface area is 119 Å². The zero-order valence-electron chi connectivity index (χ0n) is 12.2. The summed E-state index contributed by atoms with van der Waals surface area (Å²) in [6.45, 7) is 6.89. The molecule has 0 heteroatoms. The summed E-state index contributed by atoms with van der Waals surface area (Å²) in [5, 5.41) is 8.28. The van der Waals surface area contributed by atoms with Crippen LogP contribution in [0.5, 0.6) is 0 Å². The molecule has 4 rings (SSSR count). The fraction of sp³-hybridized carbons (Fsp3) is 0.200. The number of hydrogen-bond donors (Lipinski definition) is 0. The first-order chi connectivity index (χ1) is 9.55. The average molecular weight is 258 g/mol. The third-order valence-electron chi connectivity index (χ3n) is 4.32. The fourth-order valence-electron chi connectivity index (χ4n) is 3.38. The third kappa shape index (κ3) is 1.48. The van der Waals surface area contributed by atoms with E-state index in [0.29, 0.717) is 0 Å². The summed E-state index contributed by atoms with van der Waals surface area (Å²) in [4.78, 5) is 0. The summed E-state index contributed by atoms with van der Waals surface area (Å²) in [5.74, 6) is 0. The molecule has 0 heterocycles. The highest BCUT2D eigenvalue weighted by Crippen LogP contribution is 2.40. The molecule has 0 atom stereocenters. The van der Waals surface area contributed by atoms with E-state index in [1.807, 2.05) is 0 Å². The number of benzene rings is 4. The van der Waals surface area contributed by atoms with E-state index in [1.54, 1.807) is 0 Å². The zero-order valence-corrected chi connectivity index (χ0v) is 12.2. The van der Waals surface area contributed by atoms with E-state index in [-0.39, 0.29) is 5.41 Å². The maximum Gasteiger partial charge on any atom is -0.00238 e. The van der Waals surface area contributed by atoms with Crippen LogP contribution in [0.4, 0.5) is 0 Å². The van der Waals surface area contributed by atoms with Crippen molar-refractivity contribution in [2.24, 2.45) is 0 Å². The predicted molar refractivity (Wildman–Crippen MR) is 88.8 cm³/mol. The summed E-state index contributed by atoms with van der Waals surface area (Å²) in [6, 6.07) is 20.1. The Morgan fingerprint density at radius 2 is 1.25 bits per heavy atom. The Kier molecular flexibility index (Phi) is 2.18. The number of rotatable bonds is 0. The van der Waals surface area contributed by atoms with Crippen molar-refractivity contribution in [1.29, 1.82) is 0 Å². The van der Waals surface area contributed by atoms with Gasteiger partial charge in [0.15, 0.2) is 0 Å². The van der Waals surface area contributed by atoms with Crippen LogP contribution in [0.15, 0.2) is 54.6 Å². The van der Waals surface area contributed by atoms with Gasteiger partial charge in [0.1, 0.15) is 0 Å². The SMILES string of the molecule is CC(C)(C)c1cc2cccc3ccc4cccc1c4c32. The van der Waals surface area contributed by atoms with Crippen LogP contribution in [-0.2, 0) is 5.41 Å². The summed E-state index contributed by atoms with van der Waals surface area (Å²) in [6.07, 6.45) is 0. The van der Waals surface area contributed by atoms with Crippen LogP contribution >= 0.6 is 0 Å². The molecule has 98 valence electrons. The lowest BCUT2D eigenvalue weighted by molar-refractivity contribution is 0.596. The molecule has 0 spiro atoms. The molecule has 0 amide bonds. The van der Waals surface area contributed by atoms with Crippen LogP contribution in [0, 0.1) is 0 Å². The lowest BCUT2D eigenvalue weighted by atomic mass is 9.80. The smallest absolute Gasteiger partial charge is 0.00238 e. The van der Waals surface area contributed by atoms with Gasteiger partial charge >= 0.3 is 0 Å². The summed E-state index contributed by atoms with van der Waals surface area (Å²) in [7, 11) is 0. The van der Waals surface area contributed by atoms with Gasteiger partial charge in [0, 0.05) is 0 Å². The van der Waals surface area contributed by atoms with Crippen molar-refractivity contribution in [3.63, 3.8) is 0 Å². The van der Waals surface area contributed by atoms with Crippen LogP contribution in [0.3, 0.4) is 0 Å². The Balaban J connectivity index is 2.37. The molecule has 0 unspecified atom stereocenters. The fourth-order valence-corrected chi connectivity index (χ4v) is 3.38. The van der Waals surface area contributed by atoms with Crippen molar-refractivity contribution in [3.05, 3.63) is 60.2 Å². The highest BCUT2D eigenvalue weighted by Gasteiger charge is 2.19. The lowest BCUT2D eigenvalue weighted by Crippen LogP contribution is -2.11. The van der Waals surface area contributed by atoms with Crippen LogP contribution < -0.4 is 0 Å². The molecule has 4 aromatic rings. The van der Waals surface area contributed by atoms with Gasteiger partial charge in [0.25, 0.3) is 0 Å². The molecule has 0 fully saturated rings. The Bertz CT molecular complexity index is 923. The average Bonchev–Trinajstić information content (AvgIpc) is 2.43. The quantitative estimate of drug-likeness (QED) is 0.345. The molecule has 0 aliphatic rings. The maximum atomic E-state index is 2.38. The van der Waals surface area contributed by atoms with Crippen molar-refractivity contribution in [1.82, 2.24) is 0 Å². The van der Waals surface area contributed by atoms with Crippen molar-refractivity contribution in [3.8, 4) is 0 Å². The molecule has 20 heavy (non-hydrogen) atoms. The van der Waals surface area contributed by atoms with Gasteiger partial charge in [-0.3, -0.25) is 0 Å². The van der Waals surface area contributed by atoms with Gasteiger partial charge in [-0.25, -0.2) is 0 Å². The molecule has 0 saturated heterocycles. The second kappa shape index (κ2) is 3.73. The van der Waals surface area contributed by atoms with Crippen LogP contribution in [0.25, 0.3) is 32.3 Å². The van der Waals surface area contributed by atoms with Crippen molar-refractivity contribution < 1.29 is 0 Å². The number of hydrogen-bond acceptors (Lipinski definition) is 0. The minimum Gasteiger partial charge on any atom is -0.0610 e. The van der Waals surface area contributed by atoms with E-state index in [1.165, 1.54) is 37.9 Å². The first-order valence-corrected chi connectivity index (χ1v) is 7.23. The summed E-state index contributed by atoms with van der Waals surface area (Å²) in [5.41, 5.74) is 1.60. The van der Waals surface area contributed by atoms with E-state index in [0.717, 1.165) is 0 Å². The molecule has 0 nitrogen and oxygen atoms in total. The molecule has 4 aromatic carbocycles. The Morgan fingerprint density at radius 3 is 1.95 bits per heavy atom. The van der Waals surface area contributed by atoms with E-state index in [9.17, 15) is 0 Å². The van der Waals surface area contributed by atoms with Gasteiger partial charge in [-0.15, -0.1) is 0 Å². The van der Waals surface area contributed by atoms with E-state index >= 15 is 0 Å². The molecular formula is C20H18. The second-order valence-corrected chi connectivity index (χ2v) is 6.72. The molecule has 0 N–H and O–H groups in total. The molecule has 0 aromatic heterocycles. The topological polar surface area (TPSA) is 0 Å². The van der Waals surface area contributed by atoms with E-state index in [4.69, 9.17) is 0 Å². The molecule has 0 aliphatic heterocycles. The Morgan fingerprint density at radius 1 is 0.650 bits per heavy atom. The van der Waals surface area contributed by atoms with Gasteiger partial charge < -0.3 is 0 Å². The third-order valence-corrected chi connectivity index (χ3v) is 4.32. The molecule has 0 saturated carbocycles. The highest BCUT2D eigenvalue weighted by atomic mass is 14.2. The maximum absolute atomic E-state index is 2.38. The summed E-state index contributed by atoms with van der Waals surface area (Å²) >= 11 is 0. The van der Waals surface area contributed by atoms with Gasteiger partial charge in [-0.05, 0) is 49.4 Å². The lowest BCUT2D eigenvalue weighted by Gasteiger charge is -2.24. The standard InChI is InChI=1S/C20H18/c1-20(2,3)17-12-15-8-4-6-13-10-11-14-7-5-9-16(17)19(14)18(13)15/h4-12H,1-3H3. The van der Waals surface area contributed by atoms with Gasteiger partial charge in [0.05, 0.1) is 0 Å². The minimum atomic E-state index is 0.157. The van der Waals surface area contributed by atoms with E-state index in [2.05, 4.69) is 75.4 Å². The van der Waals surface area contributed by atoms with Gasteiger partial charge in [-0.1, -0.05) is 69.3 Å². The molecule has 0 aliphatic carbocycles. The summed E-state index contributed by atoms with van der Waals surface area (Å²) < 4.78 is 0. The zero-order chi connectivity index (χ0) is 13.9. The van der Waals surface area contributed by atoms with Crippen LogP contribution in [0.1, 0.15) is 26.3 Å². The van der Waals surface area contributed by atoms with Gasteiger partial charge in [-0.2, -0.15) is 0 Å². The predicted octanol–water partition coefficient (Wildman–Crippen LogP) is 5.88. The molecule has 0 bridgehead atoms. The monoisotopic (exact) mass is 258 g/mol. The van der Waals surface area contributed by atoms with Gasteiger partial charge in [0.2, 0.25) is 0 Å². The first kappa shape index (κ1) is 11.7. The Hall–Kier alpha value is -2.08. The second-order valence-electron chi connectivity index (χ2n) is 6.72. The molecular weight excluding hydrogens is 240 g/mol. The van der Waals surface area contributed by atoms with E-state index < -0.39 is 0 Å². The minimum absolute atomic E-state index is 0.157. The van der Waals surface area contributed by atoms with Crippen molar-refractivity contribution in [2.75, 3.05) is 0 Å². The van der Waals surface area contributed by atoms with Crippen LogP contribution in [-0.4, -0.2) is 0 Å². The normalized spacial score (nSPS) is 12.8. The van der Waals surface area contributed by atoms with Crippen molar-refractivity contribution in [2.45, 2.75) is 26.2 Å². The van der Waals surface area contributed by atoms with Crippen LogP contribution in [0.2, 0.25) is 0 Å². The molecule has 0 radical (unpaired) electrons. The largest absolute Gasteiger partial charge is 0.0610 e.